The zero-order valence-corrected chi connectivity index (χ0v) is 13.3. The van der Waals surface area contributed by atoms with E-state index in [2.05, 4.69) is 47.1 Å². The number of terminal acetylenes is 1. The molecular weight excluding hydrogens is 302 g/mol. The summed E-state index contributed by atoms with van der Waals surface area (Å²) in [5.41, 5.74) is 1.18. The molecule has 0 atom stereocenters. The molecule has 0 aromatic heterocycles. The van der Waals surface area contributed by atoms with Crippen molar-refractivity contribution in [3.63, 3.8) is 0 Å². The average molecular weight is 324 g/mol. The first-order chi connectivity index (χ1) is 9.15. The zero-order chi connectivity index (χ0) is 14.1. The van der Waals surface area contributed by atoms with Gasteiger partial charge >= 0.3 is 0 Å². The molecule has 0 heterocycles. The van der Waals surface area contributed by atoms with Crippen LogP contribution in [0.1, 0.15) is 32.3 Å². The molecular formula is C16H22BrNO. The Hall–Kier alpha value is -0.980. The predicted molar refractivity (Wildman–Crippen MR) is 84.2 cm³/mol. The Labute approximate surface area is 125 Å². The van der Waals surface area contributed by atoms with Crippen molar-refractivity contribution in [1.82, 2.24) is 5.32 Å². The SMILES string of the molecule is C#CCCCOc1c(Br)cccc1CNCC(C)C. The summed E-state index contributed by atoms with van der Waals surface area (Å²) in [4.78, 5) is 0. The average Bonchev–Trinajstić information content (AvgIpc) is 2.36. The van der Waals surface area contributed by atoms with Gasteiger partial charge in [-0.25, -0.2) is 0 Å². The number of hydrogen-bond donors (Lipinski definition) is 1. The zero-order valence-electron chi connectivity index (χ0n) is 11.7. The molecule has 2 nitrogen and oxygen atoms in total. The van der Waals surface area contributed by atoms with Crippen LogP contribution in [0.3, 0.4) is 0 Å². The highest BCUT2D eigenvalue weighted by Gasteiger charge is 2.08. The van der Waals surface area contributed by atoms with E-state index in [0.717, 1.165) is 36.2 Å². The molecule has 1 rings (SSSR count). The van der Waals surface area contributed by atoms with E-state index in [0.29, 0.717) is 12.5 Å². The third-order valence-electron chi connectivity index (χ3n) is 2.63. The highest BCUT2D eigenvalue weighted by Crippen LogP contribution is 2.29. The van der Waals surface area contributed by atoms with E-state index in [1.807, 2.05) is 12.1 Å². The van der Waals surface area contributed by atoms with E-state index in [9.17, 15) is 0 Å². The van der Waals surface area contributed by atoms with E-state index in [-0.39, 0.29) is 0 Å². The van der Waals surface area contributed by atoms with Gasteiger partial charge in [-0.2, -0.15) is 0 Å². The minimum atomic E-state index is 0.646. The minimum Gasteiger partial charge on any atom is -0.492 e. The first kappa shape index (κ1) is 16.1. The number of unbranched alkanes of at least 4 members (excludes halogenated alkanes) is 1. The molecule has 0 amide bonds. The van der Waals surface area contributed by atoms with Crippen molar-refractivity contribution in [2.24, 2.45) is 5.92 Å². The van der Waals surface area contributed by atoms with Crippen LogP contribution in [0, 0.1) is 18.3 Å². The molecule has 0 aliphatic carbocycles. The van der Waals surface area contributed by atoms with Crippen LogP contribution in [0.15, 0.2) is 22.7 Å². The number of benzene rings is 1. The van der Waals surface area contributed by atoms with Gasteiger partial charge in [0.15, 0.2) is 0 Å². The standard InChI is InChI=1S/C16H22BrNO/c1-4-5-6-10-19-16-14(8-7-9-15(16)17)12-18-11-13(2)3/h1,7-9,13,18H,5-6,10-12H2,2-3H3. The summed E-state index contributed by atoms with van der Waals surface area (Å²) in [6.45, 7) is 6.88. The molecule has 0 spiro atoms. The molecule has 0 aliphatic heterocycles. The molecule has 0 saturated heterocycles. The third-order valence-corrected chi connectivity index (χ3v) is 3.25. The van der Waals surface area contributed by atoms with Crippen molar-refractivity contribution in [3.8, 4) is 18.1 Å². The van der Waals surface area contributed by atoms with Crippen LogP contribution in [0.25, 0.3) is 0 Å². The number of hydrogen-bond acceptors (Lipinski definition) is 2. The van der Waals surface area contributed by atoms with Crippen LogP contribution < -0.4 is 10.1 Å². The highest BCUT2D eigenvalue weighted by atomic mass is 79.9. The topological polar surface area (TPSA) is 21.3 Å². The maximum Gasteiger partial charge on any atom is 0.137 e. The lowest BCUT2D eigenvalue weighted by molar-refractivity contribution is 0.307. The quantitative estimate of drug-likeness (QED) is 0.577. The smallest absolute Gasteiger partial charge is 0.137 e. The Morgan fingerprint density at radius 2 is 2.21 bits per heavy atom. The molecule has 0 bridgehead atoms. The minimum absolute atomic E-state index is 0.646. The summed E-state index contributed by atoms with van der Waals surface area (Å²) in [6, 6.07) is 6.13. The fourth-order valence-corrected chi connectivity index (χ4v) is 2.22. The number of rotatable bonds is 8. The maximum atomic E-state index is 5.85. The highest BCUT2D eigenvalue weighted by molar-refractivity contribution is 9.10. The Bertz CT molecular complexity index is 423. The molecule has 1 N–H and O–H groups in total. The summed E-state index contributed by atoms with van der Waals surface area (Å²) >= 11 is 3.54. The Morgan fingerprint density at radius 3 is 2.89 bits per heavy atom. The predicted octanol–water partition coefficient (Wildman–Crippen LogP) is 3.99. The fraction of sp³-hybridized carbons (Fsp3) is 0.500. The monoisotopic (exact) mass is 323 g/mol. The van der Waals surface area contributed by atoms with Crippen LogP contribution in [0.4, 0.5) is 0 Å². The van der Waals surface area contributed by atoms with Crippen molar-refractivity contribution < 1.29 is 4.74 Å². The summed E-state index contributed by atoms with van der Waals surface area (Å²) in [7, 11) is 0. The molecule has 0 fully saturated rings. The van der Waals surface area contributed by atoms with Crippen LogP contribution >= 0.6 is 15.9 Å². The third kappa shape index (κ3) is 6.13. The second-order valence-electron chi connectivity index (χ2n) is 4.91. The van der Waals surface area contributed by atoms with Crippen molar-refractivity contribution in [2.45, 2.75) is 33.2 Å². The number of para-hydroxylation sites is 1. The van der Waals surface area contributed by atoms with Gasteiger partial charge in [0.05, 0.1) is 11.1 Å². The first-order valence-electron chi connectivity index (χ1n) is 6.69. The van der Waals surface area contributed by atoms with E-state index in [1.165, 1.54) is 5.56 Å². The fourth-order valence-electron chi connectivity index (χ4n) is 1.70. The maximum absolute atomic E-state index is 5.85. The van der Waals surface area contributed by atoms with Gasteiger partial charge in [-0.05, 0) is 40.9 Å². The lowest BCUT2D eigenvalue weighted by atomic mass is 10.2. The van der Waals surface area contributed by atoms with Gasteiger partial charge in [-0.3, -0.25) is 0 Å². The van der Waals surface area contributed by atoms with Gasteiger partial charge < -0.3 is 10.1 Å². The molecule has 3 heteroatoms. The largest absolute Gasteiger partial charge is 0.492 e. The van der Waals surface area contributed by atoms with E-state index in [4.69, 9.17) is 11.2 Å². The van der Waals surface area contributed by atoms with Gasteiger partial charge in [-0.1, -0.05) is 26.0 Å². The Kier molecular flexibility index (Phi) is 7.62. The van der Waals surface area contributed by atoms with Gasteiger partial charge in [0.2, 0.25) is 0 Å². The van der Waals surface area contributed by atoms with Crippen molar-refractivity contribution in [1.29, 1.82) is 0 Å². The van der Waals surface area contributed by atoms with E-state index >= 15 is 0 Å². The number of halogens is 1. The lowest BCUT2D eigenvalue weighted by Crippen LogP contribution is -2.19. The van der Waals surface area contributed by atoms with Crippen LogP contribution in [0.2, 0.25) is 0 Å². The second-order valence-corrected chi connectivity index (χ2v) is 5.76. The molecule has 1 aromatic rings. The van der Waals surface area contributed by atoms with Gasteiger partial charge in [0.25, 0.3) is 0 Å². The molecule has 19 heavy (non-hydrogen) atoms. The second kappa shape index (κ2) is 9.01. The van der Waals surface area contributed by atoms with Crippen molar-refractivity contribution >= 4 is 15.9 Å². The summed E-state index contributed by atoms with van der Waals surface area (Å²) in [6.07, 6.45) is 6.88. The molecule has 0 unspecified atom stereocenters. The molecule has 0 radical (unpaired) electrons. The summed E-state index contributed by atoms with van der Waals surface area (Å²) in [5.74, 6) is 4.20. The molecule has 104 valence electrons. The first-order valence-corrected chi connectivity index (χ1v) is 7.48. The van der Waals surface area contributed by atoms with E-state index in [1.54, 1.807) is 0 Å². The molecule has 0 saturated carbocycles. The normalized spacial score (nSPS) is 10.5. The molecule has 0 aliphatic rings. The van der Waals surface area contributed by atoms with Crippen LogP contribution in [0.5, 0.6) is 5.75 Å². The van der Waals surface area contributed by atoms with Crippen LogP contribution in [-0.2, 0) is 6.54 Å². The van der Waals surface area contributed by atoms with Crippen molar-refractivity contribution in [3.05, 3.63) is 28.2 Å². The van der Waals surface area contributed by atoms with Crippen molar-refractivity contribution in [2.75, 3.05) is 13.2 Å². The van der Waals surface area contributed by atoms with Crippen LogP contribution in [-0.4, -0.2) is 13.2 Å². The lowest BCUT2D eigenvalue weighted by Gasteiger charge is -2.14. The van der Waals surface area contributed by atoms with Gasteiger partial charge in [0, 0.05) is 18.5 Å². The summed E-state index contributed by atoms with van der Waals surface area (Å²) in [5, 5.41) is 3.44. The van der Waals surface area contributed by atoms with Gasteiger partial charge in [-0.15, -0.1) is 12.3 Å². The Morgan fingerprint density at radius 1 is 1.42 bits per heavy atom. The molecule has 1 aromatic carbocycles. The summed E-state index contributed by atoms with van der Waals surface area (Å²) < 4.78 is 6.84. The van der Waals surface area contributed by atoms with Gasteiger partial charge in [0.1, 0.15) is 5.75 Å². The van der Waals surface area contributed by atoms with E-state index < -0.39 is 0 Å². The number of ether oxygens (including phenoxy) is 1. The number of nitrogens with one attached hydrogen (secondary N) is 1. The Balaban J connectivity index is 2.59.